The van der Waals surface area contributed by atoms with Crippen LogP contribution in [-0.2, 0) is 11.3 Å². The van der Waals surface area contributed by atoms with Gasteiger partial charge in [0, 0.05) is 25.1 Å². The van der Waals surface area contributed by atoms with Crippen molar-refractivity contribution < 1.29 is 9.59 Å². The van der Waals surface area contributed by atoms with Gasteiger partial charge in [-0.2, -0.15) is 0 Å². The maximum absolute atomic E-state index is 11.8. The van der Waals surface area contributed by atoms with Crippen molar-refractivity contribution in [3.63, 3.8) is 0 Å². The summed E-state index contributed by atoms with van der Waals surface area (Å²) in [7, 11) is 0. The highest BCUT2D eigenvalue weighted by atomic mass is 16.1. The van der Waals surface area contributed by atoms with E-state index in [1.807, 2.05) is 29.7 Å². The summed E-state index contributed by atoms with van der Waals surface area (Å²) >= 11 is 0. The van der Waals surface area contributed by atoms with Gasteiger partial charge >= 0.3 is 0 Å². The number of carbonyl (C=O) groups excluding carboxylic acids is 2. The number of primary amides is 1. The smallest absolute Gasteiger partial charge is 0.250 e. The number of aryl methyl sites for hydroxylation is 1. The van der Waals surface area contributed by atoms with Gasteiger partial charge in [-0.15, -0.1) is 0 Å². The van der Waals surface area contributed by atoms with E-state index < -0.39 is 5.91 Å². The Hall–Kier alpha value is -3.15. The average Bonchev–Trinajstić information content (AvgIpc) is 2.85. The van der Waals surface area contributed by atoms with Crippen molar-refractivity contribution in [1.29, 1.82) is 0 Å². The van der Waals surface area contributed by atoms with Gasteiger partial charge in [0.15, 0.2) is 0 Å². The van der Waals surface area contributed by atoms with Gasteiger partial charge < -0.3 is 15.6 Å². The largest absolute Gasteiger partial charge is 0.366 e. The number of aromatic nitrogens is 2. The number of hydrogen-bond acceptors (Lipinski definition) is 3. The maximum atomic E-state index is 11.8. The molecule has 0 fully saturated rings. The Kier molecular flexibility index (Phi) is 4.04. The van der Waals surface area contributed by atoms with Crippen molar-refractivity contribution in [3.05, 3.63) is 59.4 Å². The third kappa shape index (κ3) is 3.12. The standard InChI is InChI=1S/C18H18N4O2/c1-11-4-3-5-13(6-11)9-22-10-16(17(19)24)15-7-14(21-12(2)23)8-20-18(15)22/h3-8,10H,9H2,1-2H3,(H2,19,24)(H,21,23). The van der Waals surface area contributed by atoms with E-state index in [2.05, 4.69) is 16.4 Å². The van der Waals surface area contributed by atoms with Crippen molar-refractivity contribution in [2.45, 2.75) is 20.4 Å². The van der Waals surface area contributed by atoms with E-state index in [-0.39, 0.29) is 5.91 Å². The maximum Gasteiger partial charge on any atom is 0.250 e. The first-order valence-corrected chi connectivity index (χ1v) is 7.56. The predicted octanol–water partition coefficient (Wildman–Crippen LogP) is 2.45. The SMILES string of the molecule is CC(=O)Nc1cnc2c(c1)c(C(N)=O)cn2Cc1cccc(C)c1. The van der Waals surface area contributed by atoms with E-state index in [0.29, 0.717) is 28.8 Å². The number of nitrogens with zero attached hydrogens (tertiary/aromatic N) is 2. The second-order valence-electron chi connectivity index (χ2n) is 5.80. The van der Waals surface area contributed by atoms with E-state index in [1.165, 1.54) is 12.5 Å². The fourth-order valence-electron chi connectivity index (χ4n) is 2.77. The second kappa shape index (κ2) is 6.16. The molecule has 0 unspecified atom stereocenters. The lowest BCUT2D eigenvalue weighted by Crippen LogP contribution is -2.10. The van der Waals surface area contributed by atoms with Crippen molar-refractivity contribution in [2.24, 2.45) is 5.73 Å². The van der Waals surface area contributed by atoms with Crippen LogP contribution in [0.1, 0.15) is 28.4 Å². The molecule has 0 aliphatic rings. The zero-order chi connectivity index (χ0) is 17.3. The van der Waals surface area contributed by atoms with Crippen molar-refractivity contribution in [3.8, 4) is 0 Å². The Morgan fingerprint density at radius 2 is 2.08 bits per heavy atom. The summed E-state index contributed by atoms with van der Waals surface area (Å²) in [5.74, 6) is -0.722. The number of benzene rings is 1. The zero-order valence-corrected chi connectivity index (χ0v) is 13.5. The molecule has 0 aliphatic carbocycles. The van der Waals surface area contributed by atoms with Crippen LogP contribution in [0.4, 0.5) is 5.69 Å². The molecule has 0 radical (unpaired) electrons. The minimum atomic E-state index is -0.523. The molecule has 0 saturated carbocycles. The minimum absolute atomic E-state index is 0.198. The molecule has 0 bridgehead atoms. The summed E-state index contributed by atoms with van der Waals surface area (Å²) in [6.07, 6.45) is 3.28. The van der Waals surface area contributed by atoms with Crippen molar-refractivity contribution >= 4 is 28.5 Å². The Morgan fingerprint density at radius 1 is 1.29 bits per heavy atom. The molecule has 0 saturated heterocycles. The number of anilines is 1. The molecule has 3 N–H and O–H groups in total. The van der Waals surface area contributed by atoms with Gasteiger partial charge in [0.05, 0.1) is 17.4 Å². The molecule has 2 heterocycles. The predicted molar refractivity (Wildman–Crippen MR) is 92.8 cm³/mol. The second-order valence-corrected chi connectivity index (χ2v) is 5.80. The highest BCUT2D eigenvalue weighted by Crippen LogP contribution is 2.24. The highest BCUT2D eigenvalue weighted by Gasteiger charge is 2.15. The van der Waals surface area contributed by atoms with Gasteiger partial charge in [0.2, 0.25) is 5.91 Å². The van der Waals surface area contributed by atoms with E-state index >= 15 is 0 Å². The summed E-state index contributed by atoms with van der Waals surface area (Å²) in [6.45, 7) is 4.03. The first-order chi connectivity index (χ1) is 11.4. The Balaban J connectivity index is 2.08. The zero-order valence-electron chi connectivity index (χ0n) is 13.5. The third-order valence-electron chi connectivity index (χ3n) is 3.74. The molecule has 3 aromatic rings. The Bertz CT molecular complexity index is 943. The van der Waals surface area contributed by atoms with E-state index in [4.69, 9.17) is 5.73 Å². The summed E-state index contributed by atoms with van der Waals surface area (Å²) in [5, 5.41) is 3.29. The molecule has 2 amide bonds. The topological polar surface area (TPSA) is 90.0 Å². The Morgan fingerprint density at radius 3 is 2.75 bits per heavy atom. The molecule has 0 aliphatic heterocycles. The van der Waals surface area contributed by atoms with Gasteiger partial charge in [-0.3, -0.25) is 9.59 Å². The summed E-state index contributed by atoms with van der Waals surface area (Å²) in [6, 6.07) is 9.85. The first kappa shape index (κ1) is 15.7. The fraction of sp³-hybridized carbons (Fsp3) is 0.167. The quantitative estimate of drug-likeness (QED) is 0.773. The van der Waals surface area contributed by atoms with Crippen molar-refractivity contribution in [2.75, 3.05) is 5.32 Å². The van der Waals surface area contributed by atoms with Crippen LogP contribution in [0.3, 0.4) is 0 Å². The van der Waals surface area contributed by atoms with Crippen LogP contribution in [-0.4, -0.2) is 21.4 Å². The van der Waals surface area contributed by atoms with Crippen LogP contribution < -0.4 is 11.1 Å². The molecule has 6 heteroatoms. The van der Waals surface area contributed by atoms with Gasteiger partial charge in [-0.25, -0.2) is 4.98 Å². The molecule has 24 heavy (non-hydrogen) atoms. The fourth-order valence-corrected chi connectivity index (χ4v) is 2.77. The number of amides is 2. The highest BCUT2D eigenvalue weighted by molar-refractivity contribution is 6.06. The number of fused-ring (bicyclic) bond motifs is 1. The molecular formula is C18H18N4O2. The van der Waals surface area contributed by atoms with Crippen LogP contribution in [0.2, 0.25) is 0 Å². The normalized spacial score (nSPS) is 10.8. The lowest BCUT2D eigenvalue weighted by atomic mass is 10.1. The number of pyridine rings is 1. The molecule has 0 spiro atoms. The summed E-state index contributed by atoms with van der Waals surface area (Å²) < 4.78 is 1.89. The van der Waals surface area contributed by atoms with Crippen LogP contribution in [0, 0.1) is 6.92 Å². The first-order valence-electron chi connectivity index (χ1n) is 7.56. The van der Waals surface area contributed by atoms with E-state index in [9.17, 15) is 9.59 Å². The number of hydrogen-bond donors (Lipinski definition) is 2. The van der Waals surface area contributed by atoms with Crippen LogP contribution in [0.15, 0.2) is 42.7 Å². The monoisotopic (exact) mass is 322 g/mol. The summed E-state index contributed by atoms with van der Waals surface area (Å²) in [5.41, 5.74) is 9.34. The molecule has 0 atom stereocenters. The Labute approximate surface area is 139 Å². The number of rotatable bonds is 4. The summed E-state index contributed by atoms with van der Waals surface area (Å²) in [4.78, 5) is 27.4. The number of nitrogens with two attached hydrogens (primary N) is 1. The van der Waals surface area contributed by atoms with Gasteiger partial charge in [-0.1, -0.05) is 29.8 Å². The van der Waals surface area contributed by atoms with Crippen LogP contribution >= 0.6 is 0 Å². The van der Waals surface area contributed by atoms with Gasteiger partial charge in [0.1, 0.15) is 5.65 Å². The van der Waals surface area contributed by atoms with Gasteiger partial charge in [0.25, 0.3) is 5.91 Å². The lowest BCUT2D eigenvalue weighted by molar-refractivity contribution is -0.114. The average molecular weight is 322 g/mol. The molecule has 1 aromatic carbocycles. The van der Waals surface area contributed by atoms with Gasteiger partial charge in [-0.05, 0) is 18.6 Å². The minimum Gasteiger partial charge on any atom is -0.366 e. The third-order valence-corrected chi connectivity index (χ3v) is 3.74. The molecular weight excluding hydrogens is 304 g/mol. The molecule has 122 valence electrons. The van der Waals surface area contributed by atoms with Crippen molar-refractivity contribution in [1.82, 2.24) is 9.55 Å². The van der Waals surface area contributed by atoms with E-state index in [1.54, 1.807) is 18.5 Å². The number of carbonyl (C=O) groups is 2. The lowest BCUT2D eigenvalue weighted by Gasteiger charge is -2.07. The van der Waals surface area contributed by atoms with Crippen LogP contribution in [0.5, 0.6) is 0 Å². The molecule has 6 nitrogen and oxygen atoms in total. The van der Waals surface area contributed by atoms with E-state index in [0.717, 1.165) is 5.56 Å². The van der Waals surface area contributed by atoms with Crippen LogP contribution in [0.25, 0.3) is 11.0 Å². The molecule has 3 rings (SSSR count). The number of nitrogens with one attached hydrogen (secondary N) is 1. The molecule has 2 aromatic heterocycles.